The molecule has 0 aromatic heterocycles. The average molecular weight is 306 g/mol. The van der Waals surface area contributed by atoms with Crippen LogP contribution in [0.1, 0.15) is 18.4 Å². The van der Waals surface area contributed by atoms with E-state index in [0.717, 1.165) is 18.4 Å². The molecule has 1 aromatic carbocycles. The zero-order valence-corrected chi connectivity index (χ0v) is 13.2. The van der Waals surface area contributed by atoms with E-state index >= 15 is 0 Å². The number of urea groups is 1. The minimum absolute atomic E-state index is 0.149. The summed E-state index contributed by atoms with van der Waals surface area (Å²) < 4.78 is 5.49. The Bertz CT molecular complexity index is 523. The molecule has 3 amide bonds. The molecule has 0 aliphatic carbocycles. The van der Waals surface area contributed by atoms with Crippen LogP contribution >= 0.6 is 0 Å². The molecule has 2 N–H and O–H groups in total. The van der Waals surface area contributed by atoms with E-state index in [1.54, 1.807) is 4.90 Å². The largest absolute Gasteiger partial charge is 0.445 e. The fourth-order valence-electron chi connectivity index (χ4n) is 2.68. The summed E-state index contributed by atoms with van der Waals surface area (Å²) >= 11 is 0. The molecule has 0 saturated carbocycles. The van der Waals surface area contributed by atoms with Gasteiger partial charge < -0.3 is 15.4 Å². The van der Waals surface area contributed by atoms with Crippen LogP contribution in [-0.2, 0) is 11.3 Å². The second-order valence-electron chi connectivity index (χ2n) is 6.14. The van der Waals surface area contributed by atoms with E-state index in [9.17, 15) is 9.59 Å². The van der Waals surface area contributed by atoms with Crippen LogP contribution in [0.2, 0.25) is 0 Å². The van der Waals surface area contributed by atoms with Crippen LogP contribution in [0.3, 0.4) is 0 Å². The Balaban J connectivity index is 1.81. The molecule has 1 saturated heterocycles. The van der Waals surface area contributed by atoms with Crippen molar-refractivity contribution in [3.05, 3.63) is 35.9 Å². The van der Waals surface area contributed by atoms with Gasteiger partial charge in [0, 0.05) is 25.9 Å². The molecule has 1 fully saturated rings. The van der Waals surface area contributed by atoms with E-state index < -0.39 is 0 Å². The highest BCUT2D eigenvalue weighted by molar-refractivity contribution is 5.68. The lowest BCUT2D eigenvalue weighted by Crippen LogP contribution is -2.59. The van der Waals surface area contributed by atoms with Crippen molar-refractivity contribution >= 4 is 12.1 Å². The molecule has 0 unspecified atom stereocenters. The number of nitrogens with two attached hydrogens (primary N) is 1. The SMILES string of the molecule is C[N+](C)(C(N)=O)C1CCN(C(=O)OCc2ccccc2)CC1. The van der Waals surface area contributed by atoms with Crippen molar-refractivity contribution in [3.63, 3.8) is 0 Å². The molecular formula is C16H24N3O3+. The van der Waals surface area contributed by atoms with Crippen molar-refractivity contribution in [1.82, 2.24) is 4.90 Å². The Kier molecular flexibility index (Phi) is 5.03. The predicted molar refractivity (Wildman–Crippen MR) is 82.9 cm³/mol. The molecule has 0 spiro atoms. The van der Waals surface area contributed by atoms with E-state index in [0.29, 0.717) is 13.1 Å². The number of primary amides is 1. The standard InChI is InChI=1S/C16H23N3O3/c1-19(2,15(17)20)14-8-10-18(11-9-14)16(21)22-12-13-6-4-3-5-7-13/h3-7,14H,8-12H2,1-2H3,(H-,17,20)/p+1. The molecule has 0 atom stereocenters. The lowest BCUT2D eigenvalue weighted by atomic mass is 10.0. The summed E-state index contributed by atoms with van der Waals surface area (Å²) in [6, 6.07) is 9.41. The highest BCUT2D eigenvalue weighted by Gasteiger charge is 2.37. The van der Waals surface area contributed by atoms with Gasteiger partial charge in [-0.3, -0.25) is 0 Å². The summed E-state index contributed by atoms with van der Waals surface area (Å²) in [5, 5.41) is 0. The van der Waals surface area contributed by atoms with Gasteiger partial charge in [0.15, 0.2) is 0 Å². The van der Waals surface area contributed by atoms with Gasteiger partial charge >= 0.3 is 12.1 Å². The topological polar surface area (TPSA) is 72.6 Å². The fourth-order valence-corrected chi connectivity index (χ4v) is 2.68. The van der Waals surface area contributed by atoms with Crippen molar-refractivity contribution in [2.24, 2.45) is 5.73 Å². The zero-order chi connectivity index (χ0) is 16.2. The van der Waals surface area contributed by atoms with E-state index in [1.807, 2.05) is 44.4 Å². The first-order chi connectivity index (χ1) is 10.4. The zero-order valence-electron chi connectivity index (χ0n) is 13.2. The molecule has 1 aliphatic heterocycles. The molecule has 0 radical (unpaired) electrons. The maximum absolute atomic E-state index is 12.1. The van der Waals surface area contributed by atoms with Gasteiger partial charge in [0.1, 0.15) is 12.6 Å². The third-order valence-corrected chi connectivity index (χ3v) is 4.41. The normalized spacial score (nSPS) is 16.4. The minimum atomic E-state index is -0.342. The van der Waals surface area contributed by atoms with Crippen molar-refractivity contribution in [2.45, 2.75) is 25.5 Å². The summed E-state index contributed by atoms with van der Waals surface area (Å²) in [7, 11) is 3.63. The number of ether oxygens (including phenoxy) is 1. The average Bonchev–Trinajstić information content (AvgIpc) is 2.53. The Labute approximate surface area is 131 Å². The first kappa shape index (κ1) is 16.3. The summed E-state index contributed by atoms with van der Waals surface area (Å²) in [4.78, 5) is 25.2. The van der Waals surface area contributed by atoms with Crippen LogP contribution in [0.25, 0.3) is 0 Å². The van der Waals surface area contributed by atoms with Gasteiger partial charge in [-0.25, -0.2) is 14.1 Å². The number of quaternary nitrogens is 1. The molecule has 1 aliphatic rings. The number of rotatable bonds is 3. The van der Waals surface area contributed by atoms with E-state index in [2.05, 4.69) is 0 Å². The van der Waals surface area contributed by atoms with Gasteiger partial charge in [0.25, 0.3) is 0 Å². The maximum atomic E-state index is 12.1. The highest BCUT2D eigenvalue weighted by Crippen LogP contribution is 2.21. The maximum Gasteiger partial charge on any atom is 0.413 e. The van der Waals surface area contributed by atoms with E-state index in [-0.39, 0.29) is 29.3 Å². The molecule has 1 aromatic rings. The van der Waals surface area contributed by atoms with Crippen LogP contribution in [0.5, 0.6) is 0 Å². The molecule has 6 nitrogen and oxygen atoms in total. The Morgan fingerprint density at radius 2 is 1.82 bits per heavy atom. The molecule has 120 valence electrons. The number of carbonyl (C=O) groups excluding carboxylic acids is 2. The second-order valence-corrected chi connectivity index (χ2v) is 6.14. The number of hydrogen-bond acceptors (Lipinski definition) is 3. The van der Waals surface area contributed by atoms with Gasteiger partial charge in [-0.05, 0) is 5.56 Å². The van der Waals surface area contributed by atoms with Crippen molar-refractivity contribution < 1.29 is 18.8 Å². The minimum Gasteiger partial charge on any atom is -0.445 e. The lowest BCUT2D eigenvalue weighted by Gasteiger charge is -2.39. The van der Waals surface area contributed by atoms with Gasteiger partial charge in [-0.1, -0.05) is 30.3 Å². The van der Waals surface area contributed by atoms with Gasteiger partial charge in [0.2, 0.25) is 0 Å². The number of nitrogens with zero attached hydrogens (tertiary/aromatic N) is 2. The molecular weight excluding hydrogens is 282 g/mol. The third-order valence-electron chi connectivity index (χ3n) is 4.41. The number of hydrogen-bond donors (Lipinski definition) is 1. The van der Waals surface area contributed by atoms with Gasteiger partial charge in [-0.2, -0.15) is 0 Å². The monoisotopic (exact) mass is 306 g/mol. The Morgan fingerprint density at radius 1 is 1.23 bits per heavy atom. The Hall–Kier alpha value is -2.08. The van der Waals surface area contributed by atoms with Crippen LogP contribution < -0.4 is 5.73 Å². The number of amides is 3. The first-order valence-corrected chi connectivity index (χ1v) is 7.50. The number of piperidine rings is 1. The third kappa shape index (κ3) is 3.76. The van der Waals surface area contributed by atoms with E-state index in [4.69, 9.17) is 10.5 Å². The molecule has 0 bridgehead atoms. The lowest BCUT2D eigenvalue weighted by molar-refractivity contribution is -0.836. The summed E-state index contributed by atoms with van der Waals surface area (Å²) in [5.41, 5.74) is 6.41. The number of benzene rings is 1. The van der Waals surface area contributed by atoms with Crippen LogP contribution in [0.15, 0.2) is 30.3 Å². The Morgan fingerprint density at radius 3 is 2.36 bits per heavy atom. The molecule has 6 heteroatoms. The van der Waals surface area contributed by atoms with Crippen LogP contribution in [0, 0.1) is 0 Å². The van der Waals surface area contributed by atoms with Crippen molar-refractivity contribution in [3.8, 4) is 0 Å². The van der Waals surface area contributed by atoms with Crippen molar-refractivity contribution in [2.75, 3.05) is 27.2 Å². The molecule has 1 heterocycles. The predicted octanol–water partition coefficient (Wildman–Crippen LogP) is 1.94. The number of carbonyl (C=O) groups is 2. The van der Waals surface area contributed by atoms with E-state index in [1.165, 1.54) is 0 Å². The van der Waals surface area contributed by atoms with Crippen LogP contribution in [-0.4, -0.2) is 54.7 Å². The fraction of sp³-hybridized carbons (Fsp3) is 0.500. The molecule has 2 rings (SSSR count). The molecule has 22 heavy (non-hydrogen) atoms. The summed E-state index contributed by atoms with van der Waals surface area (Å²) in [6.45, 7) is 1.46. The van der Waals surface area contributed by atoms with Crippen LogP contribution in [0.4, 0.5) is 9.59 Å². The summed E-state index contributed by atoms with van der Waals surface area (Å²) in [6.07, 6.45) is 1.19. The smallest absolute Gasteiger partial charge is 0.413 e. The van der Waals surface area contributed by atoms with Gasteiger partial charge in [0.05, 0.1) is 14.1 Å². The number of likely N-dealkylation sites (tertiary alicyclic amines) is 1. The quantitative estimate of drug-likeness (QED) is 0.867. The summed E-state index contributed by atoms with van der Waals surface area (Å²) in [5.74, 6) is 0. The van der Waals surface area contributed by atoms with Gasteiger partial charge in [-0.15, -0.1) is 0 Å². The first-order valence-electron chi connectivity index (χ1n) is 7.50. The van der Waals surface area contributed by atoms with Crippen molar-refractivity contribution in [1.29, 1.82) is 0 Å². The second kappa shape index (κ2) is 6.79. The highest BCUT2D eigenvalue weighted by atomic mass is 16.6.